The van der Waals surface area contributed by atoms with Crippen LogP contribution >= 0.6 is 7.94 Å². The second-order valence-electron chi connectivity index (χ2n) is 2.65. The molecule has 0 rings (SSSR count). The maximum Gasteiger partial charge on any atom is 0.434 e. The monoisotopic (exact) mass is 242 g/mol. The van der Waals surface area contributed by atoms with Gasteiger partial charge in [-0.05, 0) is 6.92 Å². The Morgan fingerprint density at radius 2 is 1.87 bits per heavy atom. The fraction of sp³-hybridized carbons (Fsp3) is 0.667. The van der Waals surface area contributed by atoms with Crippen molar-refractivity contribution in [3.63, 3.8) is 0 Å². The number of hydrogen-bond acceptors (Lipinski definition) is 7. The fourth-order valence-electron chi connectivity index (χ4n) is 0.716. The van der Waals surface area contributed by atoms with Crippen molar-refractivity contribution < 1.29 is 34.2 Å². The average molecular weight is 242 g/mol. The van der Waals surface area contributed by atoms with E-state index in [0.717, 1.165) is 0 Å². The lowest BCUT2D eigenvalue weighted by Gasteiger charge is -2.12. The van der Waals surface area contributed by atoms with Gasteiger partial charge in [-0.25, -0.2) is 4.79 Å². The third-order valence-electron chi connectivity index (χ3n) is 1.19. The molecule has 15 heavy (non-hydrogen) atoms. The van der Waals surface area contributed by atoms with Crippen molar-refractivity contribution in [2.45, 2.75) is 6.92 Å². The molecule has 0 aromatic heterocycles. The lowest BCUT2D eigenvalue weighted by Crippen LogP contribution is -2.34. The number of nitrogens with zero attached hydrogens (tertiary/aromatic N) is 1. The molecular weight excluding hydrogens is 229 g/mol. The van der Waals surface area contributed by atoms with E-state index in [9.17, 15) is 9.59 Å². The van der Waals surface area contributed by atoms with E-state index in [1.807, 2.05) is 0 Å². The molecule has 0 spiro atoms. The number of carbonyl (C=O) groups is 2. The Hall–Kier alpha value is -0.790. The van der Waals surface area contributed by atoms with E-state index in [2.05, 4.69) is 4.74 Å². The number of carbonyl (C=O) groups excluding carboxylic acids is 2. The molecule has 0 aromatic rings. The van der Waals surface area contributed by atoms with E-state index in [4.69, 9.17) is 19.9 Å². The molecule has 1 amide bonds. The number of Topliss-reactive ketones (excluding diaryl/α,β-unsaturated/α-hetero) is 1. The van der Waals surface area contributed by atoms with Crippen molar-refractivity contribution in [1.29, 1.82) is 0 Å². The van der Waals surface area contributed by atoms with E-state index in [1.54, 1.807) is 0 Å². The van der Waals surface area contributed by atoms with Crippen molar-refractivity contribution in [2.24, 2.45) is 0 Å². The zero-order valence-corrected chi connectivity index (χ0v) is 8.92. The van der Waals surface area contributed by atoms with Gasteiger partial charge in [-0.15, -0.1) is 0 Å². The van der Waals surface area contributed by atoms with Gasteiger partial charge in [0.1, 0.15) is 6.54 Å². The summed E-state index contributed by atoms with van der Waals surface area (Å²) in [5.74, 6) is -0.897. The molecule has 0 saturated heterocycles. The Labute approximate surface area is 86.2 Å². The Bertz CT molecular complexity index is 238. The second-order valence-corrected chi connectivity index (χ2v) is 4.35. The average Bonchev–Trinajstić information content (AvgIpc) is 2.00. The Kier molecular flexibility index (Phi) is 5.63. The summed E-state index contributed by atoms with van der Waals surface area (Å²) in [6.07, 6.45) is -2.03. The van der Waals surface area contributed by atoms with Gasteiger partial charge in [-0.1, -0.05) is 0 Å². The minimum Gasteiger partial charge on any atom is -0.448 e. The highest BCUT2D eigenvalue weighted by atomic mass is 31.2. The fourth-order valence-corrected chi connectivity index (χ4v) is 1.29. The SMILES string of the molecule is CCOC(=O)N(O)CC(=O)C[P+](O)(O)O. The topological polar surface area (TPSA) is 128 Å². The van der Waals surface area contributed by atoms with Crippen LogP contribution in [-0.4, -0.2) is 56.1 Å². The first-order valence-electron chi connectivity index (χ1n) is 3.97. The smallest absolute Gasteiger partial charge is 0.434 e. The molecule has 0 atom stereocenters. The van der Waals surface area contributed by atoms with Crippen LogP contribution in [0.15, 0.2) is 0 Å². The van der Waals surface area contributed by atoms with Crippen molar-refractivity contribution >= 4 is 19.8 Å². The Morgan fingerprint density at radius 3 is 2.27 bits per heavy atom. The highest BCUT2D eigenvalue weighted by Crippen LogP contribution is 2.43. The van der Waals surface area contributed by atoms with Gasteiger partial charge in [0.25, 0.3) is 0 Å². The van der Waals surface area contributed by atoms with E-state index in [-0.39, 0.29) is 11.7 Å². The summed E-state index contributed by atoms with van der Waals surface area (Å²) in [7, 11) is -4.21. The molecule has 0 heterocycles. The molecule has 0 aromatic carbocycles. The summed E-state index contributed by atoms with van der Waals surface area (Å²) in [6.45, 7) is 0.766. The first-order chi connectivity index (χ1) is 6.76. The zero-order chi connectivity index (χ0) is 12.1. The predicted molar refractivity (Wildman–Crippen MR) is 49.0 cm³/mol. The lowest BCUT2D eigenvalue weighted by atomic mass is 10.4. The molecule has 8 nitrogen and oxygen atoms in total. The summed E-state index contributed by atoms with van der Waals surface area (Å²) < 4.78 is 4.34. The summed E-state index contributed by atoms with van der Waals surface area (Å²) >= 11 is 0. The van der Waals surface area contributed by atoms with Crippen molar-refractivity contribution in [3.05, 3.63) is 0 Å². The van der Waals surface area contributed by atoms with Gasteiger partial charge in [0.15, 0.2) is 11.9 Å². The predicted octanol–water partition coefficient (Wildman–Crippen LogP) is -0.857. The summed E-state index contributed by atoms with van der Waals surface area (Å²) in [6, 6.07) is 0. The van der Waals surface area contributed by atoms with E-state index < -0.39 is 32.5 Å². The molecule has 0 unspecified atom stereocenters. The van der Waals surface area contributed by atoms with Crippen LogP contribution in [0.4, 0.5) is 4.79 Å². The van der Waals surface area contributed by atoms with Gasteiger partial charge in [-0.2, -0.15) is 19.7 Å². The third-order valence-corrected chi connectivity index (χ3v) is 1.97. The van der Waals surface area contributed by atoms with Gasteiger partial charge in [0.2, 0.25) is 0 Å². The molecule has 88 valence electrons. The zero-order valence-electron chi connectivity index (χ0n) is 8.03. The van der Waals surface area contributed by atoms with Crippen molar-refractivity contribution in [1.82, 2.24) is 5.06 Å². The van der Waals surface area contributed by atoms with Crippen LogP contribution in [0.5, 0.6) is 0 Å². The highest BCUT2D eigenvalue weighted by Gasteiger charge is 2.34. The third kappa shape index (κ3) is 7.18. The van der Waals surface area contributed by atoms with Crippen molar-refractivity contribution in [3.8, 4) is 0 Å². The van der Waals surface area contributed by atoms with E-state index in [1.165, 1.54) is 6.92 Å². The molecule has 0 aliphatic carbocycles. The number of ketones is 1. The largest absolute Gasteiger partial charge is 0.448 e. The van der Waals surface area contributed by atoms with Gasteiger partial charge in [0.05, 0.1) is 6.61 Å². The van der Waals surface area contributed by atoms with Crippen molar-refractivity contribution in [2.75, 3.05) is 19.3 Å². The number of hydrogen-bond donors (Lipinski definition) is 4. The molecule has 0 bridgehead atoms. The van der Waals surface area contributed by atoms with Crippen LogP contribution < -0.4 is 0 Å². The van der Waals surface area contributed by atoms with Crippen LogP contribution in [0.3, 0.4) is 0 Å². The first-order valence-corrected chi connectivity index (χ1v) is 5.80. The number of rotatable bonds is 5. The second kappa shape index (κ2) is 5.94. The standard InChI is InChI=1S/C6H13NO7P/c1-2-14-6(9)7(10)3-5(8)4-15(11,12)13/h10-13H,2-4H2,1H3/q+1. The number of amides is 1. The molecule has 0 aliphatic rings. The summed E-state index contributed by atoms with van der Waals surface area (Å²) in [4.78, 5) is 47.3. The highest BCUT2D eigenvalue weighted by molar-refractivity contribution is 7.59. The van der Waals surface area contributed by atoms with Gasteiger partial charge < -0.3 is 4.74 Å². The normalized spacial score (nSPS) is 11.0. The van der Waals surface area contributed by atoms with E-state index in [0.29, 0.717) is 0 Å². The molecular formula is C6H13NO7P+. The van der Waals surface area contributed by atoms with Crippen LogP contribution in [0.1, 0.15) is 6.92 Å². The van der Waals surface area contributed by atoms with Crippen LogP contribution in [-0.2, 0) is 9.53 Å². The van der Waals surface area contributed by atoms with Crippen LogP contribution in [0.25, 0.3) is 0 Å². The maximum atomic E-state index is 10.9. The first kappa shape index (κ1) is 14.2. The number of ether oxygens (including phenoxy) is 1. The number of hydroxylamine groups is 2. The Balaban J connectivity index is 4.02. The van der Waals surface area contributed by atoms with Crippen LogP contribution in [0.2, 0.25) is 0 Å². The van der Waals surface area contributed by atoms with Gasteiger partial charge >= 0.3 is 14.0 Å². The molecule has 0 radical (unpaired) electrons. The minimum absolute atomic E-state index is 0.0124. The quantitative estimate of drug-likeness (QED) is 0.280. The van der Waals surface area contributed by atoms with Crippen LogP contribution in [0, 0.1) is 0 Å². The lowest BCUT2D eigenvalue weighted by molar-refractivity contribution is -0.128. The molecule has 9 heteroatoms. The summed E-state index contributed by atoms with van der Waals surface area (Å²) in [5, 5.41) is 8.91. The van der Waals surface area contributed by atoms with Gasteiger partial charge in [0, 0.05) is 0 Å². The molecule has 0 aliphatic heterocycles. The molecule has 0 fully saturated rings. The van der Waals surface area contributed by atoms with Gasteiger partial charge in [-0.3, -0.25) is 10.0 Å². The van der Waals surface area contributed by atoms with E-state index >= 15 is 0 Å². The molecule has 4 N–H and O–H groups in total. The minimum atomic E-state index is -4.21. The molecule has 0 saturated carbocycles. The Morgan fingerprint density at radius 1 is 1.33 bits per heavy atom. The maximum absolute atomic E-state index is 10.9. The summed E-state index contributed by atoms with van der Waals surface area (Å²) in [5.41, 5.74) is 0.